The van der Waals surface area contributed by atoms with Gasteiger partial charge in [-0.2, -0.15) is 0 Å². The summed E-state index contributed by atoms with van der Waals surface area (Å²) in [7, 11) is 0. The zero-order chi connectivity index (χ0) is 25.5. The molecule has 0 bridgehead atoms. The fourth-order valence-corrected chi connectivity index (χ4v) is 5.03. The molecule has 0 fully saturated rings. The summed E-state index contributed by atoms with van der Waals surface area (Å²) in [5.41, 5.74) is 4.62. The molecule has 3 aromatic rings. The summed E-state index contributed by atoms with van der Waals surface area (Å²) in [6.45, 7) is 11.8. The van der Waals surface area contributed by atoms with Gasteiger partial charge in [-0.15, -0.1) is 0 Å². The molecule has 0 aliphatic carbocycles. The van der Waals surface area contributed by atoms with Crippen molar-refractivity contribution in [1.29, 1.82) is 0 Å². The predicted molar refractivity (Wildman–Crippen MR) is 138 cm³/mol. The molecule has 1 aliphatic heterocycles. The minimum atomic E-state index is -0.597. The average Bonchev–Trinajstić information content (AvgIpc) is 3.18. The largest absolute Gasteiger partial charge is 0.460 e. The molecule has 0 spiro atoms. The second-order valence-electron chi connectivity index (χ2n) is 10.8. The van der Waals surface area contributed by atoms with Crippen molar-refractivity contribution in [2.45, 2.75) is 66.2 Å². The van der Waals surface area contributed by atoms with Gasteiger partial charge in [-0.3, -0.25) is 9.59 Å². The van der Waals surface area contributed by atoms with Crippen molar-refractivity contribution < 1.29 is 19.1 Å². The van der Waals surface area contributed by atoms with Gasteiger partial charge in [0.2, 0.25) is 0 Å². The van der Waals surface area contributed by atoms with E-state index in [9.17, 15) is 9.59 Å². The number of carbonyl (C=O) groups is 2. The van der Waals surface area contributed by atoms with Gasteiger partial charge in [0.15, 0.2) is 0 Å². The maximum atomic E-state index is 13.1. The SMILES string of the molecule is CC(=O)OC1c2c(-c3ccccc3)c(-c3ccc(Cl)cc3)c(CC(=O)OC(C)(C)C)n2CC1(C)C. The second-order valence-corrected chi connectivity index (χ2v) is 11.2. The third-order valence-corrected chi connectivity index (χ3v) is 6.40. The van der Waals surface area contributed by atoms with E-state index in [-0.39, 0.29) is 23.8 Å². The molecule has 0 N–H and O–H groups in total. The van der Waals surface area contributed by atoms with Crippen LogP contribution in [0.4, 0.5) is 0 Å². The van der Waals surface area contributed by atoms with Gasteiger partial charge >= 0.3 is 11.9 Å². The fraction of sp³-hybridized carbons (Fsp3) is 0.379. The van der Waals surface area contributed by atoms with Crippen molar-refractivity contribution in [2.75, 3.05) is 0 Å². The molecule has 1 aromatic heterocycles. The first-order chi connectivity index (χ1) is 16.4. The van der Waals surface area contributed by atoms with Crippen LogP contribution in [0.5, 0.6) is 0 Å². The average molecular weight is 494 g/mol. The molecule has 2 aromatic carbocycles. The number of benzene rings is 2. The second kappa shape index (κ2) is 9.19. The van der Waals surface area contributed by atoms with Crippen molar-refractivity contribution in [3.8, 4) is 22.3 Å². The van der Waals surface area contributed by atoms with E-state index in [0.717, 1.165) is 33.6 Å². The Kier molecular flexibility index (Phi) is 6.58. The lowest BCUT2D eigenvalue weighted by molar-refractivity contribution is -0.154. The molecule has 184 valence electrons. The van der Waals surface area contributed by atoms with Gasteiger partial charge < -0.3 is 14.0 Å². The number of ether oxygens (including phenoxy) is 2. The van der Waals surface area contributed by atoms with Gasteiger partial charge in [-0.25, -0.2) is 0 Å². The number of halogens is 1. The number of rotatable bonds is 5. The maximum Gasteiger partial charge on any atom is 0.312 e. The lowest BCUT2D eigenvalue weighted by atomic mass is 9.84. The summed E-state index contributed by atoms with van der Waals surface area (Å²) in [4.78, 5) is 25.2. The van der Waals surface area contributed by atoms with E-state index in [4.69, 9.17) is 21.1 Å². The van der Waals surface area contributed by atoms with E-state index in [1.165, 1.54) is 6.92 Å². The van der Waals surface area contributed by atoms with Crippen LogP contribution in [-0.2, 0) is 32.0 Å². The van der Waals surface area contributed by atoms with Crippen LogP contribution in [0.15, 0.2) is 54.6 Å². The highest BCUT2D eigenvalue weighted by molar-refractivity contribution is 6.30. The lowest BCUT2D eigenvalue weighted by Gasteiger charge is -2.27. The van der Waals surface area contributed by atoms with Gasteiger partial charge in [-0.1, -0.05) is 67.9 Å². The van der Waals surface area contributed by atoms with Crippen molar-refractivity contribution in [2.24, 2.45) is 5.41 Å². The number of hydrogen-bond donors (Lipinski definition) is 0. The van der Waals surface area contributed by atoms with E-state index >= 15 is 0 Å². The van der Waals surface area contributed by atoms with Gasteiger partial charge in [-0.05, 0) is 44.0 Å². The van der Waals surface area contributed by atoms with Crippen LogP contribution in [0.25, 0.3) is 22.3 Å². The first-order valence-corrected chi connectivity index (χ1v) is 12.2. The minimum Gasteiger partial charge on any atom is -0.460 e. The number of hydrogen-bond acceptors (Lipinski definition) is 4. The van der Waals surface area contributed by atoms with Crippen LogP contribution >= 0.6 is 11.6 Å². The molecule has 1 unspecified atom stereocenters. The zero-order valence-corrected chi connectivity index (χ0v) is 21.9. The number of aromatic nitrogens is 1. The van der Waals surface area contributed by atoms with Crippen LogP contribution in [0.1, 0.15) is 59.0 Å². The van der Waals surface area contributed by atoms with Crippen molar-refractivity contribution in [3.63, 3.8) is 0 Å². The summed E-state index contributed by atoms with van der Waals surface area (Å²) in [5, 5.41) is 0.634. The normalized spacial score (nSPS) is 16.6. The summed E-state index contributed by atoms with van der Waals surface area (Å²) in [6, 6.07) is 17.6. The molecule has 0 amide bonds. The Hall–Kier alpha value is -3.05. The molecule has 4 rings (SSSR count). The first-order valence-electron chi connectivity index (χ1n) is 11.8. The molecule has 1 aliphatic rings. The Morgan fingerprint density at radius 3 is 2.17 bits per heavy atom. The molecular weight excluding hydrogens is 462 g/mol. The van der Waals surface area contributed by atoms with Gasteiger partial charge in [0.25, 0.3) is 0 Å². The van der Waals surface area contributed by atoms with E-state index < -0.39 is 11.7 Å². The number of fused-ring (bicyclic) bond motifs is 1. The molecule has 5 nitrogen and oxygen atoms in total. The monoisotopic (exact) mass is 493 g/mol. The summed E-state index contributed by atoms with van der Waals surface area (Å²) >= 11 is 6.21. The summed E-state index contributed by atoms with van der Waals surface area (Å²) in [5.74, 6) is -0.639. The standard InChI is InChI=1S/C29H32ClNO4/c1-18(32)34-27-26-25(19-10-8-7-9-11-19)24(20-12-14-21(30)15-13-20)22(31(26)17-29(27,5)6)16-23(33)35-28(2,3)4/h7-15,27H,16-17H2,1-6H3. The Labute approximate surface area is 212 Å². The number of esters is 2. The Morgan fingerprint density at radius 1 is 1.00 bits per heavy atom. The highest BCUT2D eigenvalue weighted by Gasteiger charge is 2.46. The topological polar surface area (TPSA) is 57.5 Å². The molecule has 1 atom stereocenters. The zero-order valence-electron chi connectivity index (χ0n) is 21.1. The van der Waals surface area contributed by atoms with Crippen LogP contribution in [0.3, 0.4) is 0 Å². The first kappa shape index (κ1) is 25.1. The summed E-state index contributed by atoms with van der Waals surface area (Å²) in [6.07, 6.45) is -0.369. The predicted octanol–water partition coefficient (Wildman–Crippen LogP) is 7.00. The van der Waals surface area contributed by atoms with Crippen LogP contribution in [0, 0.1) is 5.41 Å². The summed E-state index contributed by atoms with van der Waals surface area (Å²) < 4.78 is 13.8. The van der Waals surface area contributed by atoms with E-state index in [2.05, 4.69) is 18.4 Å². The van der Waals surface area contributed by atoms with Crippen molar-refractivity contribution >= 4 is 23.5 Å². The number of nitrogens with zero attached hydrogens (tertiary/aromatic N) is 1. The van der Waals surface area contributed by atoms with Crippen LogP contribution in [0.2, 0.25) is 5.02 Å². The van der Waals surface area contributed by atoms with E-state index in [0.29, 0.717) is 11.6 Å². The highest BCUT2D eigenvalue weighted by Crippen LogP contribution is 2.53. The Morgan fingerprint density at radius 2 is 1.60 bits per heavy atom. The van der Waals surface area contributed by atoms with Crippen molar-refractivity contribution in [1.82, 2.24) is 4.57 Å². The van der Waals surface area contributed by atoms with Crippen LogP contribution < -0.4 is 0 Å². The molecule has 0 radical (unpaired) electrons. The molecule has 0 saturated carbocycles. The van der Waals surface area contributed by atoms with Gasteiger partial charge in [0.05, 0.1) is 12.1 Å². The fourth-order valence-electron chi connectivity index (χ4n) is 4.91. The maximum absolute atomic E-state index is 13.1. The Balaban J connectivity index is 2.02. The Bertz CT molecular complexity index is 1250. The quantitative estimate of drug-likeness (QED) is 0.359. The van der Waals surface area contributed by atoms with Crippen LogP contribution in [-0.4, -0.2) is 22.1 Å². The smallest absolute Gasteiger partial charge is 0.312 e. The number of carbonyl (C=O) groups excluding carboxylic acids is 2. The molecule has 2 heterocycles. The molecule has 35 heavy (non-hydrogen) atoms. The third-order valence-electron chi connectivity index (χ3n) is 6.15. The van der Waals surface area contributed by atoms with E-state index in [1.807, 2.05) is 75.4 Å². The van der Waals surface area contributed by atoms with Gasteiger partial charge in [0, 0.05) is 40.7 Å². The van der Waals surface area contributed by atoms with E-state index in [1.54, 1.807) is 0 Å². The lowest BCUT2D eigenvalue weighted by Crippen LogP contribution is -2.26. The van der Waals surface area contributed by atoms with Gasteiger partial charge in [0.1, 0.15) is 11.7 Å². The molecular formula is C29H32ClNO4. The molecule has 6 heteroatoms. The molecule has 0 saturated heterocycles. The van der Waals surface area contributed by atoms with Crippen molar-refractivity contribution in [3.05, 3.63) is 71.0 Å². The highest BCUT2D eigenvalue weighted by atomic mass is 35.5. The third kappa shape index (κ3) is 5.15. The minimum absolute atomic E-state index is 0.0952.